The van der Waals surface area contributed by atoms with Crippen LogP contribution in [0, 0.1) is 0 Å². The van der Waals surface area contributed by atoms with Crippen LogP contribution < -0.4 is 5.56 Å². The zero-order valence-electron chi connectivity index (χ0n) is 12.3. The maximum absolute atomic E-state index is 12.3. The van der Waals surface area contributed by atoms with Crippen LogP contribution in [0.3, 0.4) is 0 Å². The number of halogens is 2. The molecule has 23 heavy (non-hydrogen) atoms. The molecular weight excluding hydrogens is 357 g/mol. The molecule has 3 heterocycles. The number of carbonyl (C=O) groups excluding carboxylic acids is 1. The van der Waals surface area contributed by atoms with Gasteiger partial charge >= 0.3 is 0 Å². The summed E-state index contributed by atoms with van der Waals surface area (Å²) in [6.45, 7) is 0.967. The van der Waals surface area contributed by atoms with Crippen molar-refractivity contribution in [1.82, 2.24) is 14.9 Å². The van der Waals surface area contributed by atoms with Crippen LogP contribution in [0.1, 0.15) is 29.7 Å². The van der Waals surface area contributed by atoms with Crippen molar-refractivity contribution in [2.45, 2.75) is 32.2 Å². The lowest BCUT2D eigenvalue weighted by atomic mass is 10.1. The number of aromatic nitrogens is 2. The summed E-state index contributed by atoms with van der Waals surface area (Å²) in [5.74, 6) is 0.0789. The van der Waals surface area contributed by atoms with Gasteiger partial charge in [0.25, 0.3) is 5.56 Å². The van der Waals surface area contributed by atoms with E-state index in [0.717, 1.165) is 18.4 Å². The number of hydrogen-bond donors (Lipinski definition) is 1. The van der Waals surface area contributed by atoms with Gasteiger partial charge in [-0.2, -0.15) is 0 Å². The maximum atomic E-state index is 12.3. The summed E-state index contributed by atoms with van der Waals surface area (Å²) >= 11 is 13.3. The van der Waals surface area contributed by atoms with Crippen molar-refractivity contribution in [2.75, 3.05) is 6.54 Å². The summed E-state index contributed by atoms with van der Waals surface area (Å²) in [7, 11) is 0. The second-order valence-electron chi connectivity index (χ2n) is 5.43. The highest BCUT2D eigenvalue weighted by atomic mass is 35.5. The van der Waals surface area contributed by atoms with Crippen molar-refractivity contribution in [3.63, 3.8) is 0 Å². The van der Waals surface area contributed by atoms with Crippen LogP contribution in [0.4, 0.5) is 0 Å². The molecule has 1 amide bonds. The van der Waals surface area contributed by atoms with E-state index >= 15 is 0 Å². The molecule has 8 heteroatoms. The van der Waals surface area contributed by atoms with Crippen molar-refractivity contribution in [1.29, 1.82) is 0 Å². The number of hydrogen-bond acceptors (Lipinski definition) is 4. The van der Waals surface area contributed by atoms with Crippen molar-refractivity contribution in [3.8, 4) is 0 Å². The zero-order chi connectivity index (χ0) is 16.4. The number of amides is 1. The Morgan fingerprint density at radius 3 is 3.00 bits per heavy atom. The van der Waals surface area contributed by atoms with Gasteiger partial charge < -0.3 is 9.88 Å². The van der Waals surface area contributed by atoms with Crippen molar-refractivity contribution in [2.24, 2.45) is 0 Å². The SMILES string of the molecule is O=C(CCCc1cc(Cl)sc1Cl)N1CCc2c(nc[nH]c2=O)C1. The number of carbonyl (C=O) groups is 1. The molecule has 0 atom stereocenters. The Morgan fingerprint density at radius 1 is 1.43 bits per heavy atom. The second-order valence-corrected chi connectivity index (χ2v) is 7.71. The minimum atomic E-state index is -0.105. The lowest BCUT2D eigenvalue weighted by Gasteiger charge is -2.27. The Labute approximate surface area is 147 Å². The summed E-state index contributed by atoms with van der Waals surface area (Å²) in [6, 6.07) is 1.85. The Hall–Kier alpha value is -1.37. The third kappa shape index (κ3) is 3.76. The van der Waals surface area contributed by atoms with Gasteiger partial charge in [0.15, 0.2) is 0 Å². The number of H-pyrrole nitrogens is 1. The van der Waals surface area contributed by atoms with Crippen LogP contribution in [0.15, 0.2) is 17.2 Å². The number of thiophene rings is 1. The fraction of sp³-hybridized carbons (Fsp3) is 0.400. The molecule has 0 aromatic carbocycles. The predicted octanol–water partition coefficient (Wildman–Crippen LogP) is 3.05. The van der Waals surface area contributed by atoms with Gasteiger partial charge in [-0.1, -0.05) is 23.2 Å². The smallest absolute Gasteiger partial charge is 0.254 e. The summed E-state index contributed by atoms with van der Waals surface area (Å²) < 4.78 is 1.36. The number of fused-ring (bicyclic) bond motifs is 1. The Balaban J connectivity index is 1.55. The van der Waals surface area contributed by atoms with Crippen LogP contribution in [0.2, 0.25) is 8.67 Å². The number of rotatable bonds is 4. The highest BCUT2D eigenvalue weighted by Gasteiger charge is 2.23. The summed E-state index contributed by atoms with van der Waals surface area (Å²) in [5, 5.41) is 0. The molecule has 0 unspecified atom stereocenters. The van der Waals surface area contributed by atoms with Gasteiger partial charge in [-0.3, -0.25) is 9.59 Å². The number of aromatic amines is 1. The van der Waals surface area contributed by atoms with E-state index in [-0.39, 0.29) is 11.5 Å². The summed E-state index contributed by atoms with van der Waals surface area (Å²) in [5.41, 5.74) is 2.27. The minimum Gasteiger partial charge on any atom is -0.336 e. The molecule has 0 fully saturated rings. The molecule has 0 saturated carbocycles. The van der Waals surface area contributed by atoms with Gasteiger partial charge in [0.1, 0.15) is 0 Å². The number of nitrogens with one attached hydrogen (secondary N) is 1. The van der Waals surface area contributed by atoms with Crippen molar-refractivity contribution < 1.29 is 4.79 Å². The number of nitrogens with zero attached hydrogens (tertiary/aromatic N) is 2. The molecule has 1 aliphatic heterocycles. The quantitative estimate of drug-likeness (QED) is 0.897. The third-order valence-corrected chi connectivity index (χ3v) is 5.50. The average Bonchev–Trinajstić information content (AvgIpc) is 2.85. The Morgan fingerprint density at radius 2 is 2.26 bits per heavy atom. The maximum Gasteiger partial charge on any atom is 0.254 e. The monoisotopic (exact) mass is 371 g/mol. The van der Waals surface area contributed by atoms with Gasteiger partial charge in [-0.05, 0) is 30.9 Å². The number of aryl methyl sites for hydroxylation is 1. The second kappa shape index (κ2) is 7.03. The van der Waals surface area contributed by atoms with E-state index in [1.54, 1.807) is 4.90 Å². The molecule has 2 aromatic rings. The molecular formula is C15H15Cl2N3O2S. The van der Waals surface area contributed by atoms with Crippen LogP contribution in [0.25, 0.3) is 0 Å². The first-order valence-electron chi connectivity index (χ1n) is 7.31. The molecule has 0 bridgehead atoms. The molecule has 0 saturated heterocycles. The van der Waals surface area contributed by atoms with Crippen LogP contribution in [0.5, 0.6) is 0 Å². The van der Waals surface area contributed by atoms with E-state index in [4.69, 9.17) is 23.2 Å². The highest BCUT2D eigenvalue weighted by molar-refractivity contribution is 7.20. The van der Waals surface area contributed by atoms with E-state index in [1.165, 1.54) is 17.7 Å². The fourth-order valence-electron chi connectivity index (χ4n) is 2.71. The van der Waals surface area contributed by atoms with Crippen LogP contribution in [-0.4, -0.2) is 27.3 Å². The van der Waals surface area contributed by atoms with E-state index in [1.807, 2.05) is 6.07 Å². The zero-order valence-corrected chi connectivity index (χ0v) is 14.6. The summed E-state index contributed by atoms with van der Waals surface area (Å²) in [6.07, 6.45) is 3.84. The van der Waals surface area contributed by atoms with E-state index in [9.17, 15) is 9.59 Å². The van der Waals surface area contributed by atoms with Crippen molar-refractivity contribution in [3.05, 3.63) is 48.2 Å². The normalized spacial score (nSPS) is 13.9. The first-order chi connectivity index (χ1) is 11.0. The lowest BCUT2D eigenvalue weighted by Crippen LogP contribution is -2.38. The molecule has 1 aliphatic rings. The standard InChI is InChI=1S/C15H15Cl2N3O2S/c16-12-6-9(14(17)23-12)2-1-3-13(21)20-5-4-10-11(7-20)18-8-19-15(10)22/h6,8H,1-5,7H2,(H,18,19,22). The topological polar surface area (TPSA) is 66.1 Å². The van der Waals surface area contributed by atoms with Gasteiger partial charge in [0.05, 0.1) is 27.2 Å². The molecule has 122 valence electrons. The van der Waals surface area contributed by atoms with Gasteiger partial charge in [-0.15, -0.1) is 11.3 Å². The first-order valence-corrected chi connectivity index (χ1v) is 8.88. The van der Waals surface area contributed by atoms with Gasteiger partial charge in [-0.25, -0.2) is 4.98 Å². The molecule has 3 rings (SSSR count). The fourth-order valence-corrected chi connectivity index (χ4v) is 4.26. The van der Waals surface area contributed by atoms with E-state index < -0.39 is 0 Å². The average molecular weight is 372 g/mol. The molecule has 0 aliphatic carbocycles. The minimum absolute atomic E-state index is 0.0789. The molecule has 0 radical (unpaired) electrons. The lowest BCUT2D eigenvalue weighted by molar-refractivity contribution is -0.132. The Kier molecular flexibility index (Phi) is 5.04. The van der Waals surface area contributed by atoms with E-state index in [2.05, 4.69) is 9.97 Å². The third-order valence-electron chi connectivity index (χ3n) is 3.93. The first kappa shape index (κ1) is 16.5. The summed E-state index contributed by atoms with van der Waals surface area (Å²) in [4.78, 5) is 32.5. The molecule has 1 N–H and O–H groups in total. The van der Waals surface area contributed by atoms with Crippen LogP contribution >= 0.6 is 34.5 Å². The molecule has 2 aromatic heterocycles. The Bertz CT molecular complexity index is 787. The molecule has 0 spiro atoms. The van der Waals surface area contributed by atoms with Crippen molar-refractivity contribution >= 4 is 40.4 Å². The molecule has 5 nitrogen and oxygen atoms in total. The van der Waals surface area contributed by atoms with Gasteiger partial charge in [0.2, 0.25) is 5.91 Å². The predicted molar refractivity (Wildman–Crippen MR) is 91.3 cm³/mol. The van der Waals surface area contributed by atoms with Crippen LogP contribution in [-0.2, 0) is 24.2 Å². The van der Waals surface area contributed by atoms with E-state index in [0.29, 0.717) is 45.9 Å². The largest absolute Gasteiger partial charge is 0.336 e. The highest BCUT2D eigenvalue weighted by Crippen LogP contribution is 2.32. The van der Waals surface area contributed by atoms with Gasteiger partial charge in [0, 0.05) is 18.5 Å².